The van der Waals surface area contributed by atoms with Gasteiger partial charge in [-0.1, -0.05) is 12.8 Å². The van der Waals surface area contributed by atoms with Crippen LogP contribution in [-0.4, -0.2) is 46.3 Å². The van der Waals surface area contributed by atoms with Gasteiger partial charge in [0.2, 0.25) is 5.91 Å². The number of halogens is 1. The molecule has 0 bridgehead atoms. The molecule has 4 amide bonds. The van der Waals surface area contributed by atoms with Crippen LogP contribution < -0.4 is 5.32 Å². The van der Waals surface area contributed by atoms with Gasteiger partial charge >= 0.3 is 6.03 Å². The lowest BCUT2D eigenvalue weighted by atomic mass is 9.97. The molecule has 2 fully saturated rings. The van der Waals surface area contributed by atoms with E-state index in [1.807, 2.05) is 11.4 Å². The fourth-order valence-electron chi connectivity index (χ4n) is 3.49. The number of nitrogens with zero attached hydrogens (tertiary/aromatic N) is 2. The van der Waals surface area contributed by atoms with Crippen LogP contribution in [-0.2, 0) is 16.1 Å². The van der Waals surface area contributed by atoms with E-state index in [1.54, 1.807) is 30.2 Å². The second-order valence-corrected chi connectivity index (χ2v) is 8.41. The highest BCUT2D eigenvalue weighted by Gasteiger charge is 2.54. The Morgan fingerprint density at radius 3 is 2.71 bits per heavy atom. The average molecular weight is 414 g/mol. The minimum absolute atomic E-state index is 0.238. The number of amides is 4. The van der Waals surface area contributed by atoms with Crippen molar-refractivity contribution in [1.29, 1.82) is 0 Å². The smallest absolute Gasteiger partial charge is 0.325 e. The van der Waals surface area contributed by atoms with Gasteiger partial charge in [-0.15, -0.1) is 11.3 Å². The quantitative estimate of drug-likeness (QED) is 0.771. The third-order valence-corrected chi connectivity index (χ3v) is 6.47. The highest BCUT2D eigenvalue weighted by Crippen LogP contribution is 2.36. The molecule has 8 heteroatoms. The molecule has 1 spiro atoms. The Bertz CT molecular complexity index is 684. The molecule has 3 rings (SSSR count). The number of likely N-dealkylation sites (N-methyl/N-ethyl adjacent to an activating group) is 1. The monoisotopic (exact) mass is 413 g/mol. The van der Waals surface area contributed by atoms with E-state index in [9.17, 15) is 14.4 Å². The Hall–Kier alpha value is -1.41. The van der Waals surface area contributed by atoms with E-state index in [1.165, 1.54) is 0 Å². The average Bonchev–Trinajstić information content (AvgIpc) is 3.21. The van der Waals surface area contributed by atoms with E-state index < -0.39 is 17.6 Å². The summed E-state index contributed by atoms with van der Waals surface area (Å²) in [5.74, 6) is -0.490. The molecule has 2 aliphatic rings. The first kappa shape index (κ1) is 17.4. The number of hydrogen-bond donors (Lipinski definition) is 1. The molecule has 130 valence electrons. The normalized spacial score (nSPS) is 20.5. The summed E-state index contributed by atoms with van der Waals surface area (Å²) in [6, 6.07) is 0.710. The molecule has 6 nitrogen and oxygen atoms in total. The van der Waals surface area contributed by atoms with E-state index >= 15 is 0 Å². The summed E-state index contributed by atoms with van der Waals surface area (Å²) in [6.07, 6.45) is 3.17. The van der Waals surface area contributed by atoms with Crippen molar-refractivity contribution in [2.45, 2.75) is 50.7 Å². The van der Waals surface area contributed by atoms with Crippen molar-refractivity contribution in [3.63, 3.8) is 0 Å². The second kappa shape index (κ2) is 6.48. The third kappa shape index (κ3) is 2.97. The largest absolute Gasteiger partial charge is 0.339 e. The summed E-state index contributed by atoms with van der Waals surface area (Å²) < 4.78 is 0.980. The molecule has 1 saturated carbocycles. The Morgan fingerprint density at radius 1 is 1.46 bits per heavy atom. The summed E-state index contributed by atoms with van der Waals surface area (Å²) >= 11 is 4.95. The van der Waals surface area contributed by atoms with Gasteiger partial charge in [0.15, 0.2) is 0 Å². The van der Waals surface area contributed by atoms with Crippen molar-refractivity contribution in [3.8, 4) is 0 Å². The number of urea groups is 1. The first-order valence-corrected chi connectivity index (χ1v) is 9.65. The van der Waals surface area contributed by atoms with Gasteiger partial charge in [-0.3, -0.25) is 9.59 Å². The number of nitrogens with one attached hydrogen (secondary N) is 1. The maximum atomic E-state index is 12.7. The highest BCUT2D eigenvalue weighted by atomic mass is 79.9. The molecule has 1 saturated heterocycles. The molecular weight excluding hydrogens is 394 g/mol. The minimum atomic E-state index is -0.800. The zero-order valence-corrected chi connectivity index (χ0v) is 16.1. The van der Waals surface area contributed by atoms with Gasteiger partial charge in [0.1, 0.15) is 11.6 Å². The van der Waals surface area contributed by atoms with Crippen LogP contribution >= 0.6 is 27.3 Å². The number of imide groups is 1. The number of hydrogen-bond acceptors (Lipinski definition) is 4. The molecule has 2 heterocycles. The van der Waals surface area contributed by atoms with Crippen LogP contribution in [0.4, 0.5) is 4.79 Å². The Balaban J connectivity index is 1.70. The maximum absolute atomic E-state index is 12.7. The summed E-state index contributed by atoms with van der Waals surface area (Å²) in [4.78, 5) is 41.4. The van der Waals surface area contributed by atoms with Gasteiger partial charge in [-0.25, -0.2) is 9.69 Å². The van der Waals surface area contributed by atoms with Crippen molar-refractivity contribution in [3.05, 3.63) is 20.8 Å². The first-order valence-electron chi connectivity index (χ1n) is 7.98. The van der Waals surface area contributed by atoms with Crippen molar-refractivity contribution in [1.82, 2.24) is 15.1 Å². The maximum Gasteiger partial charge on any atom is 0.325 e. The fourth-order valence-corrected chi connectivity index (χ4v) is 4.99. The highest BCUT2D eigenvalue weighted by molar-refractivity contribution is 9.10. The molecule has 1 unspecified atom stereocenters. The predicted octanol–water partition coefficient (Wildman–Crippen LogP) is 2.72. The summed E-state index contributed by atoms with van der Waals surface area (Å²) in [7, 11) is 1.69. The standard InChI is InChI=1S/C16H20BrN3O3S/c1-10(13(21)19(2)8-12-7-11(17)9-24-12)20-14(22)16(18-15(20)23)5-3-4-6-16/h7,9-10H,3-6,8H2,1-2H3,(H,18,23). The van der Waals surface area contributed by atoms with Gasteiger partial charge in [0.25, 0.3) is 5.91 Å². The van der Waals surface area contributed by atoms with Crippen LogP contribution in [0.1, 0.15) is 37.5 Å². The van der Waals surface area contributed by atoms with Crippen LogP contribution in [0.3, 0.4) is 0 Å². The van der Waals surface area contributed by atoms with Crippen molar-refractivity contribution in [2.24, 2.45) is 0 Å². The topological polar surface area (TPSA) is 69.7 Å². The number of rotatable bonds is 4. The van der Waals surface area contributed by atoms with Crippen molar-refractivity contribution in [2.75, 3.05) is 7.05 Å². The third-order valence-electron chi connectivity index (χ3n) is 4.79. The van der Waals surface area contributed by atoms with Crippen molar-refractivity contribution < 1.29 is 14.4 Å². The predicted molar refractivity (Wildman–Crippen MR) is 94.5 cm³/mol. The first-order chi connectivity index (χ1) is 11.3. The Labute approximate surface area is 153 Å². The molecule has 1 aliphatic carbocycles. The molecule has 0 radical (unpaired) electrons. The molecule has 1 atom stereocenters. The SMILES string of the molecule is CC(C(=O)N(C)Cc1cc(Br)cs1)N1C(=O)NC2(CCCC2)C1=O. The van der Waals surface area contributed by atoms with Crippen LogP contribution in [0.25, 0.3) is 0 Å². The molecule has 1 aromatic heterocycles. The fraction of sp³-hybridized carbons (Fsp3) is 0.562. The lowest BCUT2D eigenvalue weighted by Gasteiger charge is -2.27. The Morgan fingerprint density at radius 2 is 2.12 bits per heavy atom. The van der Waals surface area contributed by atoms with Crippen LogP contribution in [0.15, 0.2) is 15.9 Å². The lowest BCUT2D eigenvalue weighted by molar-refractivity contribution is -0.142. The summed E-state index contributed by atoms with van der Waals surface area (Å²) in [5, 5.41) is 4.78. The van der Waals surface area contributed by atoms with E-state index in [4.69, 9.17) is 0 Å². The minimum Gasteiger partial charge on any atom is -0.339 e. The van der Waals surface area contributed by atoms with E-state index in [2.05, 4.69) is 21.2 Å². The number of carbonyl (C=O) groups is 3. The summed E-state index contributed by atoms with van der Waals surface area (Å²) in [5.41, 5.74) is -0.775. The molecule has 1 N–H and O–H groups in total. The zero-order valence-electron chi connectivity index (χ0n) is 13.7. The second-order valence-electron chi connectivity index (χ2n) is 6.50. The van der Waals surface area contributed by atoms with E-state index in [0.29, 0.717) is 19.4 Å². The van der Waals surface area contributed by atoms with E-state index in [0.717, 1.165) is 27.1 Å². The molecule has 1 aliphatic heterocycles. The van der Waals surface area contributed by atoms with Gasteiger partial charge < -0.3 is 10.2 Å². The van der Waals surface area contributed by atoms with Gasteiger partial charge in [0.05, 0.1) is 6.54 Å². The lowest BCUT2D eigenvalue weighted by Crippen LogP contribution is -2.50. The summed E-state index contributed by atoms with van der Waals surface area (Å²) in [6.45, 7) is 2.07. The zero-order chi connectivity index (χ0) is 17.5. The van der Waals surface area contributed by atoms with Crippen LogP contribution in [0.2, 0.25) is 0 Å². The van der Waals surface area contributed by atoms with Gasteiger partial charge in [-0.05, 0) is 41.8 Å². The van der Waals surface area contributed by atoms with Crippen LogP contribution in [0.5, 0.6) is 0 Å². The Kier molecular flexibility index (Phi) is 4.70. The van der Waals surface area contributed by atoms with Gasteiger partial charge in [0, 0.05) is 21.8 Å². The molecule has 24 heavy (non-hydrogen) atoms. The number of thiophene rings is 1. The van der Waals surface area contributed by atoms with E-state index in [-0.39, 0.29) is 11.8 Å². The van der Waals surface area contributed by atoms with Crippen LogP contribution in [0, 0.1) is 0 Å². The molecule has 0 aromatic carbocycles. The van der Waals surface area contributed by atoms with Gasteiger partial charge in [-0.2, -0.15) is 0 Å². The number of carbonyl (C=O) groups excluding carboxylic acids is 3. The van der Waals surface area contributed by atoms with Crippen molar-refractivity contribution >= 4 is 45.1 Å². The molecule has 1 aromatic rings. The molecular formula is C16H20BrN3O3S.